The minimum atomic E-state index is -3.66. The van der Waals surface area contributed by atoms with Crippen LogP contribution in [0.3, 0.4) is 0 Å². The highest BCUT2D eigenvalue weighted by molar-refractivity contribution is 7.89. The Morgan fingerprint density at radius 2 is 2.10 bits per heavy atom. The first-order valence-electron chi connectivity index (χ1n) is 10.4. The van der Waals surface area contributed by atoms with Gasteiger partial charge in [0.25, 0.3) is 0 Å². The second-order valence-electron chi connectivity index (χ2n) is 8.04. The first-order chi connectivity index (χ1) is 14.8. The number of aryl methyl sites for hydroxylation is 1. The lowest BCUT2D eigenvalue weighted by Gasteiger charge is -2.25. The zero-order valence-electron chi connectivity index (χ0n) is 17.6. The van der Waals surface area contributed by atoms with Crippen LogP contribution in [0.5, 0.6) is 0 Å². The molecule has 1 amide bonds. The van der Waals surface area contributed by atoms with E-state index in [9.17, 15) is 13.2 Å². The molecule has 31 heavy (non-hydrogen) atoms. The van der Waals surface area contributed by atoms with E-state index in [-0.39, 0.29) is 22.8 Å². The van der Waals surface area contributed by atoms with Gasteiger partial charge in [-0.25, -0.2) is 13.4 Å². The Morgan fingerprint density at radius 3 is 2.74 bits per heavy atom. The largest absolute Gasteiger partial charge is 0.355 e. The minimum absolute atomic E-state index is 0.110. The van der Waals surface area contributed by atoms with Crippen molar-refractivity contribution in [3.63, 3.8) is 0 Å². The molecule has 2 unspecified atom stereocenters. The van der Waals surface area contributed by atoms with Gasteiger partial charge in [-0.2, -0.15) is 9.57 Å². The average Bonchev–Trinajstić information content (AvgIpc) is 3.34. The van der Waals surface area contributed by atoms with Crippen molar-refractivity contribution in [2.24, 2.45) is 5.92 Å². The summed E-state index contributed by atoms with van der Waals surface area (Å²) < 4.78 is 28.6. The van der Waals surface area contributed by atoms with Crippen LogP contribution in [-0.4, -0.2) is 49.3 Å². The SMILES string of the molecule is CCC(=O)Nc1ccc(S(=O)(=O)N2CCC3CN(c4ccc(C#N)cn4)CC32)c(C)c1. The van der Waals surface area contributed by atoms with Gasteiger partial charge in [0.15, 0.2) is 0 Å². The van der Waals surface area contributed by atoms with Crippen LogP contribution in [0.2, 0.25) is 0 Å². The van der Waals surface area contributed by atoms with E-state index in [1.165, 1.54) is 0 Å². The Labute approximate surface area is 182 Å². The summed E-state index contributed by atoms with van der Waals surface area (Å²) >= 11 is 0. The van der Waals surface area contributed by atoms with Crippen molar-refractivity contribution in [2.45, 2.75) is 37.6 Å². The Kier molecular flexibility index (Phi) is 5.69. The van der Waals surface area contributed by atoms with Gasteiger partial charge < -0.3 is 10.2 Å². The van der Waals surface area contributed by atoms with E-state index in [0.717, 1.165) is 18.8 Å². The molecule has 9 heteroatoms. The molecule has 2 fully saturated rings. The molecule has 0 spiro atoms. The number of nitrogens with zero attached hydrogens (tertiary/aromatic N) is 4. The summed E-state index contributed by atoms with van der Waals surface area (Å²) in [5, 5.41) is 11.7. The number of amides is 1. The second-order valence-corrected chi connectivity index (χ2v) is 9.89. The van der Waals surface area contributed by atoms with Crippen LogP contribution in [0.15, 0.2) is 41.4 Å². The predicted molar refractivity (Wildman–Crippen MR) is 117 cm³/mol. The third kappa shape index (κ3) is 4.01. The molecule has 1 N–H and O–H groups in total. The molecule has 8 nitrogen and oxygen atoms in total. The van der Waals surface area contributed by atoms with E-state index < -0.39 is 10.0 Å². The van der Waals surface area contributed by atoms with Crippen LogP contribution in [-0.2, 0) is 14.8 Å². The molecule has 1 aromatic carbocycles. The molecule has 4 rings (SSSR count). The molecule has 0 bridgehead atoms. The molecular weight excluding hydrogens is 414 g/mol. The Bertz CT molecular complexity index is 1140. The van der Waals surface area contributed by atoms with Gasteiger partial charge >= 0.3 is 0 Å². The number of aromatic nitrogens is 1. The van der Waals surface area contributed by atoms with Crippen molar-refractivity contribution in [3.05, 3.63) is 47.7 Å². The van der Waals surface area contributed by atoms with Gasteiger partial charge in [0.2, 0.25) is 15.9 Å². The lowest BCUT2D eigenvalue weighted by atomic mass is 10.1. The Hall–Kier alpha value is -2.96. The van der Waals surface area contributed by atoms with Crippen LogP contribution in [0.4, 0.5) is 11.5 Å². The fourth-order valence-corrected chi connectivity index (χ4v) is 6.34. The molecule has 2 saturated heterocycles. The zero-order valence-corrected chi connectivity index (χ0v) is 18.4. The van der Waals surface area contributed by atoms with Crippen molar-refractivity contribution in [3.8, 4) is 6.07 Å². The summed E-state index contributed by atoms with van der Waals surface area (Å²) in [6, 6.07) is 10.4. The number of benzene rings is 1. The van der Waals surface area contributed by atoms with Gasteiger partial charge in [-0.05, 0) is 55.2 Å². The first kappa shape index (κ1) is 21.3. The number of rotatable bonds is 5. The second kappa shape index (κ2) is 8.29. The quantitative estimate of drug-likeness (QED) is 0.767. The summed E-state index contributed by atoms with van der Waals surface area (Å²) in [5.74, 6) is 0.897. The molecule has 0 aliphatic carbocycles. The van der Waals surface area contributed by atoms with Gasteiger partial charge in [-0.15, -0.1) is 0 Å². The number of hydrogen-bond donors (Lipinski definition) is 1. The number of hydrogen-bond acceptors (Lipinski definition) is 6. The summed E-state index contributed by atoms with van der Waals surface area (Å²) in [6.45, 7) is 5.34. The number of carbonyl (C=O) groups is 1. The number of fused-ring (bicyclic) bond motifs is 1. The molecule has 0 saturated carbocycles. The summed E-state index contributed by atoms with van der Waals surface area (Å²) in [4.78, 5) is 18.4. The van der Waals surface area contributed by atoms with Gasteiger partial charge in [0.05, 0.1) is 10.5 Å². The van der Waals surface area contributed by atoms with Crippen LogP contribution >= 0.6 is 0 Å². The first-order valence-corrected chi connectivity index (χ1v) is 11.8. The van der Waals surface area contributed by atoms with E-state index in [4.69, 9.17) is 5.26 Å². The topological polar surface area (TPSA) is 106 Å². The normalized spacial score (nSPS) is 21.0. The molecule has 2 atom stereocenters. The average molecular weight is 440 g/mol. The Balaban J connectivity index is 1.54. The summed E-state index contributed by atoms with van der Waals surface area (Å²) in [6.07, 6.45) is 2.71. The van der Waals surface area contributed by atoms with Gasteiger partial charge in [-0.3, -0.25) is 4.79 Å². The summed E-state index contributed by atoms with van der Waals surface area (Å²) in [7, 11) is -3.66. The van der Waals surface area contributed by atoms with Crippen LogP contribution < -0.4 is 10.2 Å². The van der Waals surface area contributed by atoms with Crippen molar-refractivity contribution in [1.29, 1.82) is 5.26 Å². The van der Waals surface area contributed by atoms with E-state index >= 15 is 0 Å². The molecule has 2 aliphatic heterocycles. The number of nitriles is 1. The maximum Gasteiger partial charge on any atom is 0.243 e. The van der Waals surface area contributed by atoms with Crippen molar-refractivity contribution in [2.75, 3.05) is 29.9 Å². The van der Waals surface area contributed by atoms with Gasteiger partial charge in [-0.1, -0.05) is 6.92 Å². The van der Waals surface area contributed by atoms with Crippen LogP contribution in [0.25, 0.3) is 0 Å². The summed E-state index contributed by atoms with van der Waals surface area (Å²) in [5.41, 5.74) is 1.71. The standard InChI is InChI=1S/C22H25N5O3S/c1-3-22(28)25-18-5-6-20(15(2)10-18)31(29,30)27-9-8-17-13-26(14-19(17)27)21-7-4-16(11-23)12-24-21/h4-7,10,12,17,19H,3,8-9,13-14H2,1-2H3,(H,25,28). The monoisotopic (exact) mass is 439 g/mol. The third-order valence-corrected chi connectivity index (χ3v) is 8.15. The highest BCUT2D eigenvalue weighted by Gasteiger charge is 2.47. The fourth-order valence-electron chi connectivity index (χ4n) is 4.44. The van der Waals surface area contributed by atoms with Crippen molar-refractivity contribution >= 4 is 27.4 Å². The van der Waals surface area contributed by atoms with Crippen LogP contribution in [0, 0.1) is 24.2 Å². The van der Waals surface area contributed by atoms with E-state index in [2.05, 4.69) is 21.3 Å². The number of sulfonamides is 1. The van der Waals surface area contributed by atoms with Gasteiger partial charge in [0, 0.05) is 44.0 Å². The lowest BCUT2D eigenvalue weighted by Crippen LogP contribution is -2.40. The highest BCUT2D eigenvalue weighted by atomic mass is 32.2. The van der Waals surface area contributed by atoms with E-state index in [1.807, 2.05) is 6.07 Å². The van der Waals surface area contributed by atoms with E-state index in [1.54, 1.807) is 48.6 Å². The number of pyridine rings is 1. The van der Waals surface area contributed by atoms with Gasteiger partial charge in [0.1, 0.15) is 11.9 Å². The molecular formula is C22H25N5O3S. The van der Waals surface area contributed by atoms with Crippen molar-refractivity contribution in [1.82, 2.24) is 9.29 Å². The maximum absolute atomic E-state index is 13.5. The molecule has 0 radical (unpaired) electrons. The minimum Gasteiger partial charge on any atom is -0.355 e. The zero-order chi connectivity index (χ0) is 22.2. The molecule has 2 aromatic rings. The van der Waals surface area contributed by atoms with E-state index in [0.29, 0.717) is 36.3 Å². The Morgan fingerprint density at radius 1 is 1.29 bits per heavy atom. The smallest absolute Gasteiger partial charge is 0.243 e. The molecule has 162 valence electrons. The molecule has 1 aromatic heterocycles. The lowest BCUT2D eigenvalue weighted by molar-refractivity contribution is -0.115. The van der Waals surface area contributed by atoms with Crippen LogP contribution in [0.1, 0.15) is 30.9 Å². The molecule has 3 heterocycles. The fraction of sp³-hybridized carbons (Fsp3) is 0.409. The highest BCUT2D eigenvalue weighted by Crippen LogP contribution is 2.37. The number of carbonyl (C=O) groups excluding carboxylic acids is 1. The maximum atomic E-state index is 13.5. The predicted octanol–water partition coefficient (Wildman–Crippen LogP) is 2.51. The number of anilines is 2. The molecule has 2 aliphatic rings. The number of nitrogens with one attached hydrogen (secondary N) is 1. The third-order valence-electron chi connectivity index (χ3n) is 6.06. The van der Waals surface area contributed by atoms with Crippen molar-refractivity contribution < 1.29 is 13.2 Å².